The van der Waals surface area contributed by atoms with Gasteiger partial charge < -0.3 is 0 Å². The van der Waals surface area contributed by atoms with Crippen LogP contribution in [0.15, 0.2) is 35.2 Å². The van der Waals surface area contributed by atoms with E-state index in [4.69, 9.17) is 0 Å². The van der Waals surface area contributed by atoms with Crippen LogP contribution in [0.3, 0.4) is 0 Å². The van der Waals surface area contributed by atoms with Crippen LogP contribution >= 0.6 is 23.5 Å². The Morgan fingerprint density at radius 3 is 2.44 bits per heavy atom. The quantitative estimate of drug-likeness (QED) is 0.854. The van der Waals surface area contributed by atoms with Gasteiger partial charge in [-0.25, -0.2) is 8.42 Å². The Balaban J connectivity index is 2.04. The fourth-order valence-electron chi connectivity index (χ4n) is 1.98. The van der Waals surface area contributed by atoms with Crippen molar-refractivity contribution in [2.45, 2.75) is 22.8 Å². The molecule has 2 rings (SSSR count). The van der Waals surface area contributed by atoms with Crippen LogP contribution in [0.5, 0.6) is 0 Å². The smallest absolute Gasteiger partial charge is 0.178 e. The lowest BCUT2D eigenvalue weighted by Gasteiger charge is -2.26. The van der Waals surface area contributed by atoms with Crippen molar-refractivity contribution >= 4 is 33.4 Å². The van der Waals surface area contributed by atoms with E-state index in [1.54, 1.807) is 24.3 Å². The minimum atomic E-state index is -3.14. The zero-order valence-electron chi connectivity index (χ0n) is 10.4. The molecule has 0 aliphatic carbocycles. The van der Waals surface area contributed by atoms with Gasteiger partial charge in [-0.3, -0.25) is 0 Å². The van der Waals surface area contributed by atoms with Gasteiger partial charge >= 0.3 is 0 Å². The van der Waals surface area contributed by atoms with Crippen molar-refractivity contribution < 1.29 is 8.42 Å². The Bertz CT molecular complexity index is 464. The van der Waals surface area contributed by atoms with Gasteiger partial charge in [0.25, 0.3) is 0 Å². The highest BCUT2D eigenvalue weighted by Crippen LogP contribution is 2.36. The highest BCUT2D eigenvalue weighted by atomic mass is 32.2. The molecule has 1 heterocycles. The van der Waals surface area contributed by atoms with Gasteiger partial charge in [0.1, 0.15) is 0 Å². The maximum Gasteiger partial charge on any atom is 0.178 e. The van der Waals surface area contributed by atoms with Crippen LogP contribution in [0.4, 0.5) is 0 Å². The molecular formula is C13H18O2S3. The monoisotopic (exact) mass is 302 g/mol. The minimum absolute atomic E-state index is 0.200. The van der Waals surface area contributed by atoms with E-state index in [2.05, 4.69) is 6.92 Å². The SMILES string of the molecule is C[C@@H](CS(=O)(=O)c1ccccc1)C1SCCCS1. The third kappa shape index (κ3) is 3.68. The van der Waals surface area contributed by atoms with Crippen LogP contribution in [0, 0.1) is 5.92 Å². The van der Waals surface area contributed by atoms with Crippen LogP contribution < -0.4 is 0 Å². The maximum atomic E-state index is 12.3. The van der Waals surface area contributed by atoms with Gasteiger partial charge in [0.2, 0.25) is 0 Å². The molecule has 1 aliphatic rings. The van der Waals surface area contributed by atoms with E-state index in [0.717, 1.165) is 11.5 Å². The highest BCUT2D eigenvalue weighted by Gasteiger charge is 2.26. The lowest BCUT2D eigenvalue weighted by Crippen LogP contribution is -2.23. The standard InChI is InChI=1S/C13H18O2S3/c1-11(13-16-8-5-9-17-13)10-18(14,15)12-6-3-2-4-7-12/h2-4,6-7,11,13H,5,8-10H2,1H3/t11-/m0/s1. The normalized spacial score (nSPS) is 19.6. The molecule has 0 radical (unpaired) electrons. The molecule has 1 aliphatic heterocycles. The molecule has 100 valence electrons. The second-order valence-electron chi connectivity index (χ2n) is 4.54. The van der Waals surface area contributed by atoms with Gasteiger partial charge in [-0.15, -0.1) is 23.5 Å². The molecule has 0 saturated carbocycles. The van der Waals surface area contributed by atoms with Gasteiger partial charge in [-0.2, -0.15) is 0 Å². The molecule has 1 fully saturated rings. The molecule has 1 aromatic carbocycles. The van der Waals surface area contributed by atoms with E-state index in [1.165, 1.54) is 6.42 Å². The van der Waals surface area contributed by atoms with Gasteiger partial charge in [0, 0.05) is 0 Å². The van der Waals surface area contributed by atoms with Crippen molar-refractivity contribution in [1.29, 1.82) is 0 Å². The van der Waals surface area contributed by atoms with Crippen molar-refractivity contribution in [3.05, 3.63) is 30.3 Å². The van der Waals surface area contributed by atoms with Crippen molar-refractivity contribution in [3.8, 4) is 0 Å². The van der Waals surface area contributed by atoms with E-state index in [1.807, 2.05) is 29.6 Å². The molecule has 0 spiro atoms. The molecule has 1 atom stereocenters. The highest BCUT2D eigenvalue weighted by molar-refractivity contribution is 8.17. The number of benzene rings is 1. The Hall–Kier alpha value is -0.130. The van der Waals surface area contributed by atoms with Crippen molar-refractivity contribution in [2.24, 2.45) is 5.92 Å². The first kappa shape index (κ1) is 14.3. The lowest BCUT2D eigenvalue weighted by atomic mass is 10.3. The maximum absolute atomic E-state index is 12.3. The summed E-state index contributed by atoms with van der Waals surface area (Å²) in [5.74, 6) is 2.77. The summed E-state index contributed by atoms with van der Waals surface area (Å²) in [4.78, 5) is 0.447. The number of hydrogen-bond acceptors (Lipinski definition) is 4. The molecule has 0 aromatic heterocycles. The van der Waals surface area contributed by atoms with Crippen molar-refractivity contribution in [2.75, 3.05) is 17.3 Å². The summed E-state index contributed by atoms with van der Waals surface area (Å²) in [6.45, 7) is 2.05. The molecule has 0 amide bonds. The Morgan fingerprint density at radius 1 is 1.22 bits per heavy atom. The molecule has 0 N–H and O–H groups in total. The number of sulfone groups is 1. The molecule has 5 heteroatoms. The van der Waals surface area contributed by atoms with E-state index >= 15 is 0 Å². The molecule has 18 heavy (non-hydrogen) atoms. The fraction of sp³-hybridized carbons (Fsp3) is 0.538. The predicted molar refractivity (Wildman–Crippen MR) is 81.0 cm³/mol. The van der Waals surface area contributed by atoms with Gasteiger partial charge in [-0.1, -0.05) is 25.1 Å². The van der Waals surface area contributed by atoms with Gasteiger partial charge in [0.05, 0.1) is 15.2 Å². The predicted octanol–water partition coefficient (Wildman–Crippen LogP) is 3.29. The number of thioether (sulfide) groups is 2. The average molecular weight is 302 g/mol. The molecule has 0 unspecified atom stereocenters. The first-order valence-electron chi connectivity index (χ1n) is 6.10. The van der Waals surface area contributed by atoms with E-state index in [9.17, 15) is 8.42 Å². The average Bonchev–Trinajstić information content (AvgIpc) is 2.40. The summed E-state index contributed by atoms with van der Waals surface area (Å²) in [5, 5.41) is 0. The third-order valence-electron chi connectivity index (χ3n) is 2.90. The molecule has 1 aromatic rings. The zero-order chi connectivity index (χ0) is 13.0. The summed E-state index contributed by atoms with van der Waals surface area (Å²) in [5.41, 5.74) is 0. The summed E-state index contributed by atoms with van der Waals surface area (Å²) < 4.78 is 25.0. The lowest BCUT2D eigenvalue weighted by molar-refractivity contribution is 0.580. The minimum Gasteiger partial charge on any atom is -0.224 e. The second-order valence-corrected chi connectivity index (χ2v) is 9.37. The molecule has 2 nitrogen and oxygen atoms in total. The summed E-state index contributed by atoms with van der Waals surface area (Å²) in [7, 11) is -3.14. The summed E-state index contributed by atoms with van der Waals surface area (Å²) in [6.07, 6.45) is 1.24. The third-order valence-corrected chi connectivity index (χ3v) is 8.31. The van der Waals surface area contributed by atoms with E-state index < -0.39 is 9.84 Å². The number of hydrogen-bond donors (Lipinski definition) is 0. The van der Waals surface area contributed by atoms with Crippen LogP contribution in [-0.4, -0.2) is 30.3 Å². The molecular weight excluding hydrogens is 284 g/mol. The van der Waals surface area contributed by atoms with Crippen LogP contribution in [0.25, 0.3) is 0 Å². The van der Waals surface area contributed by atoms with E-state index in [0.29, 0.717) is 9.48 Å². The molecule has 1 saturated heterocycles. The zero-order valence-corrected chi connectivity index (χ0v) is 12.9. The first-order valence-corrected chi connectivity index (χ1v) is 9.85. The van der Waals surface area contributed by atoms with Crippen molar-refractivity contribution in [3.63, 3.8) is 0 Å². The van der Waals surface area contributed by atoms with Gasteiger partial charge in [-0.05, 0) is 36.0 Å². The summed E-state index contributed by atoms with van der Waals surface area (Å²) in [6, 6.07) is 8.77. The first-order chi connectivity index (χ1) is 8.59. The Morgan fingerprint density at radius 2 is 1.83 bits per heavy atom. The topological polar surface area (TPSA) is 34.1 Å². The van der Waals surface area contributed by atoms with Gasteiger partial charge in [0.15, 0.2) is 9.84 Å². The van der Waals surface area contributed by atoms with Crippen LogP contribution in [-0.2, 0) is 9.84 Å². The Kier molecular flexibility index (Phi) is 5.04. The fourth-order valence-corrected chi connectivity index (χ4v) is 6.96. The van der Waals surface area contributed by atoms with E-state index in [-0.39, 0.29) is 11.7 Å². The van der Waals surface area contributed by atoms with Crippen LogP contribution in [0.2, 0.25) is 0 Å². The molecule has 0 bridgehead atoms. The van der Waals surface area contributed by atoms with Crippen LogP contribution in [0.1, 0.15) is 13.3 Å². The van der Waals surface area contributed by atoms with Crippen molar-refractivity contribution in [1.82, 2.24) is 0 Å². The summed E-state index contributed by atoms with van der Waals surface area (Å²) >= 11 is 3.81. The Labute approximate surface area is 118 Å². The second kappa shape index (κ2) is 6.35. The largest absolute Gasteiger partial charge is 0.224 e. The number of rotatable bonds is 4.